The highest BCUT2D eigenvalue weighted by Crippen LogP contribution is 2.37. The van der Waals surface area contributed by atoms with E-state index in [0.29, 0.717) is 6.61 Å². The number of hydrogen-bond donors (Lipinski definition) is 0. The lowest BCUT2D eigenvalue weighted by Crippen LogP contribution is -2.17. The van der Waals surface area contributed by atoms with Crippen LogP contribution in [-0.2, 0) is 30.9 Å². The SMILES string of the molecule is CCOC(=O)/C=C/[C@@H]1[C@H](COCc2ccccc2)N1S(=O)(=O)c1ccc(C)cc1. The van der Waals surface area contributed by atoms with Crippen molar-refractivity contribution in [2.45, 2.75) is 37.4 Å². The Balaban J connectivity index is 1.72. The molecule has 1 saturated heterocycles. The number of benzene rings is 2. The number of nitrogens with zero attached hydrogens (tertiary/aromatic N) is 1. The molecule has 0 saturated carbocycles. The summed E-state index contributed by atoms with van der Waals surface area (Å²) in [5, 5.41) is 0. The third kappa shape index (κ3) is 5.32. The molecule has 29 heavy (non-hydrogen) atoms. The van der Waals surface area contributed by atoms with Crippen LogP contribution in [0, 0.1) is 6.92 Å². The Morgan fingerprint density at radius 1 is 1.10 bits per heavy atom. The van der Waals surface area contributed by atoms with Crippen molar-refractivity contribution in [3.05, 3.63) is 77.9 Å². The van der Waals surface area contributed by atoms with Gasteiger partial charge in [-0.1, -0.05) is 54.1 Å². The Morgan fingerprint density at radius 3 is 2.45 bits per heavy atom. The van der Waals surface area contributed by atoms with Gasteiger partial charge in [0, 0.05) is 6.08 Å². The van der Waals surface area contributed by atoms with Crippen molar-refractivity contribution in [2.24, 2.45) is 0 Å². The topological polar surface area (TPSA) is 72.7 Å². The van der Waals surface area contributed by atoms with Crippen molar-refractivity contribution in [3.63, 3.8) is 0 Å². The molecule has 2 aromatic carbocycles. The molecule has 0 N–H and O–H groups in total. The van der Waals surface area contributed by atoms with E-state index in [-0.39, 0.29) is 24.2 Å². The smallest absolute Gasteiger partial charge is 0.330 e. The molecule has 1 unspecified atom stereocenters. The lowest BCUT2D eigenvalue weighted by molar-refractivity contribution is -0.137. The van der Waals surface area contributed by atoms with Crippen LogP contribution in [0.4, 0.5) is 0 Å². The molecule has 0 spiro atoms. The number of hydrogen-bond acceptors (Lipinski definition) is 5. The number of sulfonamides is 1. The maximum Gasteiger partial charge on any atom is 0.330 e. The third-order valence-corrected chi connectivity index (χ3v) is 6.58. The largest absolute Gasteiger partial charge is 0.463 e. The van der Waals surface area contributed by atoms with Gasteiger partial charge >= 0.3 is 5.97 Å². The van der Waals surface area contributed by atoms with Crippen molar-refractivity contribution < 1.29 is 22.7 Å². The molecule has 1 aliphatic heterocycles. The molecule has 0 amide bonds. The molecule has 154 valence electrons. The van der Waals surface area contributed by atoms with E-state index in [1.165, 1.54) is 10.4 Å². The van der Waals surface area contributed by atoms with E-state index in [1.807, 2.05) is 37.3 Å². The van der Waals surface area contributed by atoms with Gasteiger partial charge in [-0.2, -0.15) is 4.31 Å². The standard InChI is InChI=1S/C22H25NO5S/c1-3-28-22(24)14-13-20-21(16-27-15-18-7-5-4-6-8-18)23(20)29(25,26)19-11-9-17(2)10-12-19/h4-14,20-21H,3,15-16H2,1-2H3/b14-13+/t20-,21+,23?/m1/s1. The molecular weight excluding hydrogens is 390 g/mol. The second-order valence-corrected chi connectivity index (χ2v) is 8.66. The number of aryl methyl sites for hydroxylation is 1. The molecule has 1 aliphatic rings. The molecular formula is C22H25NO5S. The lowest BCUT2D eigenvalue weighted by atomic mass is 10.2. The summed E-state index contributed by atoms with van der Waals surface area (Å²) in [6.07, 6.45) is 2.85. The first-order valence-corrected chi connectivity index (χ1v) is 10.9. The summed E-state index contributed by atoms with van der Waals surface area (Å²) >= 11 is 0. The van der Waals surface area contributed by atoms with E-state index >= 15 is 0 Å². The first kappa shape index (κ1) is 21.2. The van der Waals surface area contributed by atoms with Crippen LogP contribution < -0.4 is 0 Å². The Labute approximate surface area is 171 Å². The zero-order valence-corrected chi connectivity index (χ0v) is 17.3. The summed E-state index contributed by atoms with van der Waals surface area (Å²) < 4.78 is 38.1. The molecule has 2 aromatic rings. The number of esters is 1. The molecule has 0 radical (unpaired) electrons. The fraction of sp³-hybridized carbons (Fsp3) is 0.318. The zero-order valence-electron chi connectivity index (χ0n) is 16.5. The minimum absolute atomic E-state index is 0.225. The monoisotopic (exact) mass is 415 g/mol. The van der Waals surface area contributed by atoms with Gasteiger partial charge in [0.15, 0.2) is 0 Å². The summed E-state index contributed by atoms with van der Waals surface area (Å²) in [5.74, 6) is -0.490. The van der Waals surface area contributed by atoms with Crippen LogP contribution in [0.1, 0.15) is 18.1 Å². The summed E-state index contributed by atoms with van der Waals surface area (Å²) in [7, 11) is -3.69. The minimum atomic E-state index is -3.69. The summed E-state index contributed by atoms with van der Waals surface area (Å²) in [5.41, 5.74) is 2.00. The van der Waals surface area contributed by atoms with Crippen LogP contribution in [0.3, 0.4) is 0 Å². The van der Waals surface area contributed by atoms with Gasteiger partial charge in [-0.05, 0) is 31.5 Å². The van der Waals surface area contributed by atoms with Crippen LogP contribution in [0.25, 0.3) is 0 Å². The van der Waals surface area contributed by atoms with Gasteiger partial charge in [0.05, 0.1) is 36.8 Å². The van der Waals surface area contributed by atoms with Crippen LogP contribution in [0.2, 0.25) is 0 Å². The number of carbonyl (C=O) groups excluding carboxylic acids is 1. The first-order chi connectivity index (χ1) is 13.9. The number of ether oxygens (including phenoxy) is 2. The van der Waals surface area contributed by atoms with Crippen molar-refractivity contribution >= 4 is 16.0 Å². The highest BCUT2D eigenvalue weighted by molar-refractivity contribution is 7.89. The zero-order chi connectivity index (χ0) is 20.9. The Morgan fingerprint density at radius 2 is 1.79 bits per heavy atom. The van der Waals surface area contributed by atoms with Crippen LogP contribution in [0.15, 0.2) is 71.6 Å². The van der Waals surface area contributed by atoms with E-state index in [1.54, 1.807) is 37.3 Å². The van der Waals surface area contributed by atoms with Crippen LogP contribution in [-0.4, -0.2) is 44.0 Å². The molecule has 0 aliphatic carbocycles. The Hall–Kier alpha value is -2.48. The van der Waals surface area contributed by atoms with Crippen LogP contribution >= 0.6 is 0 Å². The molecule has 1 fully saturated rings. The summed E-state index contributed by atoms with van der Waals surface area (Å²) in [4.78, 5) is 11.9. The molecule has 0 bridgehead atoms. The average molecular weight is 416 g/mol. The fourth-order valence-electron chi connectivity index (χ4n) is 3.07. The van der Waals surface area contributed by atoms with Crippen molar-refractivity contribution in [1.82, 2.24) is 4.31 Å². The summed E-state index contributed by atoms with van der Waals surface area (Å²) in [6, 6.07) is 15.6. The van der Waals surface area contributed by atoms with Crippen LogP contribution in [0.5, 0.6) is 0 Å². The molecule has 3 rings (SSSR count). The normalized spacial score (nSPS) is 21.2. The Kier molecular flexibility index (Phi) is 6.84. The summed E-state index contributed by atoms with van der Waals surface area (Å²) in [6.45, 7) is 4.51. The van der Waals surface area contributed by atoms with E-state index in [4.69, 9.17) is 9.47 Å². The fourth-order valence-corrected chi connectivity index (χ4v) is 4.81. The highest BCUT2D eigenvalue weighted by atomic mass is 32.2. The van der Waals surface area contributed by atoms with Gasteiger partial charge in [0.25, 0.3) is 0 Å². The van der Waals surface area contributed by atoms with E-state index in [0.717, 1.165) is 11.1 Å². The molecule has 7 heteroatoms. The highest BCUT2D eigenvalue weighted by Gasteiger charge is 2.54. The molecule has 6 nitrogen and oxygen atoms in total. The second kappa shape index (κ2) is 9.35. The van der Waals surface area contributed by atoms with Gasteiger partial charge in [-0.25, -0.2) is 13.2 Å². The van der Waals surface area contributed by atoms with Gasteiger partial charge in [-0.3, -0.25) is 0 Å². The average Bonchev–Trinajstić information content (AvgIpc) is 3.41. The van der Waals surface area contributed by atoms with Gasteiger partial charge in [0.2, 0.25) is 10.0 Å². The molecule has 0 aromatic heterocycles. The maximum absolute atomic E-state index is 13.1. The maximum atomic E-state index is 13.1. The third-order valence-electron chi connectivity index (χ3n) is 4.64. The van der Waals surface area contributed by atoms with E-state index in [9.17, 15) is 13.2 Å². The predicted octanol–water partition coefficient (Wildman–Crippen LogP) is 3.07. The van der Waals surface area contributed by atoms with E-state index < -0.39 is 22.0 Å². The quantitative estimate of drug-likeness (QED) is 0.358. The van der Waals surface area contributed by atoms with Crippen molar-refractivity contribution in [1.29, 1.82) is 0 Å². The first-order valence-electron chi connectivity index (χ1n) is 9.50. The number of carbonyl (C=O) groups is 1. The Bertz CT molecular complexity index is 954. The molecule has 1 heterocycles. The van der Waals surface area contributed by atoms with Gasteiger partial charge < -0.3 is 9.47 Å². The van der Waals surface area contributed by atoms with Crippen molar-refractivity contribution in [2.75, 3.05) is 13.2 Å². The van der Waals surface area contributed by atoms with Gasteiger partial charge in [0.1, 0.15) is 0 Å². The minimum Gasteiger partial charge on any atom is -0.463 e. The molecule has 3 atom stereocenters. The lowest BCUT2D eigenvalue weighted by Gasteiger charge is -2.07. The van der Waals surface area contributed by atoms with E-state index in [2.05, 4.69) is 0 Å². The second-order valence-electron chi connectivity index (χ2n) is 6.82. The van der Waals surface area contributed by atoms with Gasteiger partial charge in [-0.15, -0.1) is 0 Å². The predicted molar refractivity (Wildman–Crippen MR) is 110 cm³/mol. The number of rotatable bonds is 9. The van der Waals surface area contributed by atoms with Crippen molar-refractivity contribution in [3.8, 4) is 0 Å².